The summed E-state index contributed by atoms with van der Waals surface area (Å²) in [6.07, 6.45) is 1.12. The number of likely N-dealkylation sites (N-methyl/N-ethyl adjacent to an activating group) is 1. The Labute approximate surface area is 124 Å². The van der Waals surface area contributed by atoms with E-state index >= 15 is 0 Å². The van der Waals surface area contributed by atoms with E-state index in [4.69, 9.17) is 4.74 Å². The predicted molar refractivity (Wildman–Crippen MR) is 87.5 cm³/mol. The standard InChI is InChI=1S/C17H30N2O/c1-5-17(18-6-2)15-9-11-16(12-10-15)19(7-3)13-14-20-8-4/h9-12,17-18H,5-8,13-14H2,1-4H3. The van der Waals surface area contributed by atoms with Gasteiger partial charge in [-0.1, -0.05) is 26.0 Å². The molecule has 3 nitrogen and oxygen atoms in total. The van der Waals surface area contributed by atoms with E-state index in [1.165, 1.54) is 11.3 Å². The van der Waals surface area contributed by atoms with Crippen molar-refractivity contribution in [2.24, 2.45) is 0 Å². The lowest BCUT2D eigenvalue weighted by atomic mass is 10.0. The van der Waals surface area contributed by atoms with Crippen LogP contribution in [0.5, 0.6) is 0 Å². The molecule has 0 saturated heterocycles. The summed E-state index contributed by atoms with van der Waals surface area (Å²) in [6.45, 7) is 13.2. The second kappa shape index (κ2) is 9.78. The van der Waals surface area contributed by atoms with Gasteiger partial charge in [0.2, 0.25) is 0 Å². The van der Waals surface area contributed by atoms with Crippen LogP contribution >= 0.6 is 0 Å². The van der Waals surface area contributed by atoms with Gasteiger partial charge >= 0.3 is 0 Å². The smallest absolute Gasteiger partial charge is 0.0641 e. The Bertz CT molecular complexity index is 351. The first-order valence-corrected chi connectivity index (χ1v) is 7.92. The van der Waals surface area contributed by atoms with Crippen molar-refractivity contribution in [3.05, 3.63) is 29.8 Å². The molecule has 0 aliphatic heterocycles. The van der Waals surface area contributed by atoms with Crippen LogP contribution in [0.2, 0.25) is 0 Å². The highest BCUT2D eigenvalue weighted by Gasteiger charge is 2.09. The molecule has 1 N–H and O–H groups in total. The summed E-state index contributed by atoms with van der Waals surface area (Å²) in [5, 5.41) is 3.52. The number of benzene rings is 1. The van der Waals surface area contributed by atoms with E-state index in [1.54, 1.807) is 0 Å². The summed E-state index contributed by atoms with van der Waals surface area (Å²) in [5.41, 5.74) is 2.65. The molecule has 0 aromatic heterocycles. The van der Waals surface area contributed by atoms with E-state index in [0.29, 0.717) is 6.04 Å². The molecule has 0 fully saturated rings. The summed E-state index contributed by atoms with van der Waals surface area (Å²) in [5.74, 6) is 0. The average Bonchev–Trinajstić information content (AvgIpc) is 2.50. The van der Waals surface area contributed by atoms with Gasteiger partial charge in [0.25, 0.3) is 0 Å². The van der Waals surface area contributed by atoms with E-state index in [1.807, 2.05) is 6.92 Å². The van der Waals surface area contributed by atoms with Gasteiger partial charge in [-0.2, -0.15) is 0 Å². The van der Waals surface area contributed by atoms with E-state index in [9.17, 15) is 0 Å². The largest absolute Gasteiger partial charge is 0.380 e. The lowest BCUT2D eigenvalue weighted by Crippen LogP contribution is -2.27. The van der Waals surface area contributed by atoms with E-state index in [2.05, 4.69) is 55.3 Å². The molecule has 3 heteroatoms. The zero-order valence-corrected chi connectivity index (χ0v) is 13.5. The fourth-order valence-corrected chi connectivity index (χ4v) is 2.45. The van der Waals surface area contributed by atoms with Crippen LogP contribution in [0.3, 0.4) is 0 Å². The first-order chi connectivity index (χ1) is 9.76. The zero-order chi connectivity index (χ0) is 14.8. The molecule has 0 aliphatic carbocycles. The molecular formula is C17H30N2O. The fraction of sp³-hybridized carbons (Fsp3) is 0.647. The minimum atomic E-state index is 0.465. The molecule has 114 valence electrons. The summed E-state index contributed by atoms with van der Waals surface area (Å²) in [6, 6.07) is 9.41. The molecule has 0 saturated carbocycles. The van der Waals surface area contributed by atoms with Gasteiger partial charge in [0, 0.05) is 31.4 Å². The molecule has 0 bridgehead atoms. The summed E-state index contributed by atoms with van der Waals surface area (Å²) in [7, 11) is 0. The van der Waals surface area contributed by atoms with Crippen LogP contribution in [0.4, 0.5) is 5.69 Å². The highest BCUT2D eigenvalue weighted by Crippen LogP contribution is 2.21. The number of nitrogens with one attached hydrogen (secondary N) is 1. The predicted octanol–water partition coefficient (Wildman–Crippen LogP) is 3.61. The van der Waals surface area contributed by atoms with Crippen molar-refractivity contribution in [2.75, 3.05) is 37.7 Å². The highest BCUT2D eigenvalue weighted by atomic mass is 16.5. The zero-order valence-electron chi connectivity index (χ0n) is 13.5. The Hall–Kier alpha value is -1.06. The number of nitrogens with zero attached hydrogens (tertiary/aromatic N) is 1. The molecule has 0 heterocycles. The van der Waals surface area contributed by atoms with Crippen molar-refractivity contribution in [1.82, 2.24) is 5.32 Å². The van der Waals surface area contributed by atoms with E-state index in [-0.39, 0.29) is 0 Å². The molecule has 0 radical (unpaired) electrons. The Morgan fingerprint density at radius 2 is 1.80 bits per heavy atom. The van der Waals surface area contributed by atoms with Crippen molar-refractivity contribution in [3.63, 3.8) is 0 Å². The second-order valence-electron chi connectivity index (χ2n) is 4.89. The van der Waals surface area contributed by atoms with Gasteiger partial charge in [-0.05, 0) is 44.5 Å². The van der Waals surface area contributed by atoms with Crippen molar-refractivity contribution in [1.29, 1.82) is 0 Å². The monoisotopic (exact) mass is 278 g/mol. The van der Waals surface area contributed by atoms with Gasteiger partial charge < -0.3 is 15.0 Å². The molecule has 1 aromatic carbocycles. The maximum Gasteiger partial charge on any atom is 0.0641 e. The first-order valence-electron chi connectivity index (χ1n) is 7.92. The molecule has 1 unspecified atom stereocenters. The lowest BCUT2D eigenvalue weighted by molar-refractivity contribution is 0.154. The number of hydrogen-bond acceptors (Lipinski definition) is 3. The van der Waals surface area contributed by atoms with Crippen LogP contribution in [-0.2, 0) is 4.74 Å². The number of ether oxygens (including phenoxy) is 1. The van der Waals surface area contributed by atoms with Crippen LogP contribution in [0.1, 0.15) is 45.7 Å². The van der Waals surface area contributed by atoms with E-state index in [0.717, 1.165) is 39.3 Å². The number of hydrogen-bond donors (Lipinski definition) is 1. The Morgan fingerprint density at radius 3 is 2.30 bits per heavy atom. The second-order valence-corrected chi connectivity index (χ2v) is 4.89. The molecule has 1 rings (SSSR count). The molecular weight excluding hydrogens is 248 g/mol. The van der Waals surface area contributed by atoms with Crippen LogP contribution in [-0.4, -0.2) is 32.8 Å². The van der Waals surface area contributed by atoms with Gasteiger partial charge in [-0.25, -0.2) is 0 Å². The fourth-order valence-electron chi connectivity index (χ4n) is 2.45. The van der Waals surface area contributed by atoms with E-state index < -0.39 is 0 Å². The lowest BCUT2D eigenvalue weighted by Gasteiger charge is -2.24. The Balaban J connectivity index is 2.67. The minimum Gasteiger partial charge on any atom is -0.380 e. The van der Waals surface area contributed by atoms with Crippen LogP contribution in [0.15, 0.2) is 24.3 Å². The van der Waals surface area contributed by atoms with Gasteiger partial charge in [0.15, 0.2) is 0 Å². The Kier molecular flexibility index (Phi) is 8.31. The first kappa shape index (κ1) is 17.0. The summed E-state index contributed by atoms with van der Waals surface area (Å²) in [4.78, 5) is 2.35. The number of anilines is 1. The summed E-state index contributed by atoms with van der Waals surface area (Å²) >= 11 is 0. The Morgan fingerprint density at radius 1 is 1.10 bits per heavy atom. The van der Waals surface area contributed by atoms with Crippen molar-refractivity contribution < 1.29 is 4.74 Å². The maximum atomic E-state index is 5.45. The SMILES string of the molecule is CCNC(CC)c1ccc(N(CC)CCOCC)cc1. The topological polar surface area (TPSA) is 24.5 Å². The molecule has 0 spiro atoms. The quantitative estimate of drug-likeness (QED) is 0.662. The van der Waals surface area contributed by atoms with Crippen molar-refractivity contribution in [2.45, 2.75) is 40.2 Å². The maximum absolute atomic E-state index is 5.45. The molecule has 0 aliphatic rings. The minimum absolute atomic E-state index is 0.465. The van der Waals surface area contributed by atoms with Crippen molar-refractivity contribution in [3.8, 4) is 0 Å². The van der Waals surface area contributed by atoms with Crippen LogP contribution in [0, 0.1) is 0 Å². The average molecular weight is 278 g/mol. The molecule has 0 amide bonds. The molecule has 1 atom stereocenters. The highest BCUT2D eigenvalue weighted by molar-refractivity contribution is 5.48. The van der Waals surface area contributed by atoms with Gasteiger partial charge in [0.05, 0.1) is 6.61 Å². The van der Waals surface area contributed by atoms with Gasteiger partial charge in [-0.15, -0.1) is 0 Å². The van der Waals surface area contributed by atoms with Crippen LogP contribution < -0.4 is 10.2 Å². The number of rotatable bonds is 10. The summed E-state index contributed by atoms with van der Waals surface area (Å²) < 4.78 is 5.45. The third kappa shape index (κ3) is 5.14. The third-order valence-electron chi connectivity index (χ3n) is 3.61. The van der Waals surface area contributed by atoms with Gasteiger partial charge in [-0.3, -0.25) is 0 Å². The van der Waals surface area contributed by atoms with Gasteiger partial charge in [0.1, 0.15) is 0 Å². The third-order valence-corrected chi connectivity index (χ3v) is 3.61. The van der Waals surface area contributed by atoms with Crippen LogP contribution in [0.25, 0.3) is 0 Å². The molecule has 20 heavy (non-hydrogen) atoms. The van der Waals surface area contributed by atoms with Crippen molar-refractivity contribution >= 4 is 5.69 Å². The molecule has 1 aromatic rings. The normalized spacial score (nSPS) is 12.4.